The van der Waals surface area contributed by atoms with Gasteiger partial charge in [0.2, 0.25) is 0 Å². The van der Waals surface area contributed by atoms with E-state index >= 15 is 0 Å². The van der Waals surface area contributed by atoms with Crippen molar-refractivity contribution in [2.75, 3.05) is 38.3 Å². The quantitative estimate of drug-likeness (QED) is 0.548. The number of morpholine rings is 1. The van der Waals surface area contributed by atoms with E-state index in [0.29, 0.717) is 10.1 Å². The molecule has 0 unspecified atom stereocenters. The third kappa shape index (κ3) is 4.25. The summed E-state index contributed by atoms with van der Waals surface area (Å²) in [7, 11) is 1.75. The van der Waals surface area contributed by atoms with Gasteiger partial charge in [0.15, 0.2) is 5.17 Å². The summed E-state index contributed by atoms with van der Waals surface area (Å²) in [4.78, 5) is 22.1. The number of nitriles is 1. The molecule has 1 amide bonds. The first-order valence-corrected chi connectivity index (χ1v) is 11.6. The summed E-state index contributed by atoms with van der Waals surface area (Å²) in [6.45, 7) is 3.54. The lowest BCUT2D eigenvalue weighted by molar-refractivity contribution is -0.121. The Kier molecular flexibility index (Phi) is 5.90. The van der Waals surface area contributed by atoms with Gasteiger partial charge in [-0.3, -0.25) is 9.69 Å². The first-order chi connectivity index (χ1) is 16.1. The molecule has 7 nitrogen and oxygen atoms in total. The van der Waals surface area contributed by atoms with E-state index in [0.717, 1.165) is 54.1 Å². The highest BCUT2D eigenvalue weighted by molar-refractivity contribution is 8.18. The van der Waals surface area contributed by atoms with Crippen LogP contribution in [0.3, 0.4) is 0 Å². The lowest BCUT2D eigenvalue weighted by Gasteiger charge is -2.28. The van der Waals surface area contributed by atoms with E-state index in [2.05, 4.69) is 23.1 Å². The van der Waals surface area contributed by atoms with Gasteiger partial charge in [-0.1, -0.05) is 18.2 Å². The predicted octanol–water partition coefficient (Wildman–Crippen LogP) is 4.24. The Hall–Kier alpha value is -3.54. The highest BCUT2D eigenvalue weighted by Gasteiger charge is 2.30. The van der Waals surface area contributed by atoms with Gasteiger partial charge in [0.1, 0.15) is 6.54 Å². The lowest BCUT2D eigenvalue weighted by atomic mass is 10.1. The summed E-state index contributed by atoms with van der Waals surface area (Å²) in [6, 6.07) is 18.2. The molecular formula is C25H23N5O2S. The van der Waals surface area contributed by atoms with Crippen LogP contribution >= 0.6 is 11.8 Å². The van der Waals surface area contributed by atoms with Crippen LogP contribution in [0.25, 0.3) is 17.0 Å². The number of nitrogens with zero attached hydrogens (tertiary/aromatic N) is 5. The number of hydrogen-bond donors (Lipinski definition) is 0. The fraction of sp³-hybridized carbons (Fsp3) is 0.240. The molecule has 3 aromatic rings. The minimum atomic E-state index is -0.0826. The Morgan fingerprint density at radius 1 is 1.15 bits per heavy atom. The zero-order valence-corrected chi connectivity index (χ0v) is 19.1. The van der Waals surface area contributed by atoms with Crippen molar-refractivity contribution in [1.82, 2.24) is 9.47 Å². The molecular weight excluding hydrogens is 434 g/mol. The third-order valence-electron chi connectivity index (χ3n) is 5.80. The molecule has 5 rings (SSSR count). The van der Waals surface area contributed by atoms with Crippen molar-refractivity contribution in [2.45, 2.75) is 6.54 Å². The Labute approximate surface area is 196 Å². The van der Waals surface area contributed by atoms with Crippen LogP contribution in [-0.2, 0) is 16.1 Å². The van der Waals surface area contributed by atoms with Crippen LogP contribution in [0.4, 0.5) is 11.4 Å². The molecule has 0 radical (unpaired) electrons. The predicted molar refractivity (Wildman–Crippen MR) is 132 cm³/mol. The molecule has 0 bridgehead atoms. The number of ether oxygens (including phenoxy) is 1. The van der Waals surface area contributed by atoms with Gasteiger partial charge in [0, 0.05) is 48.5 Å². The van der Waals surface area contributed by atoms with Crippen molar-refractivity contribution in [2.24, 2.45) is 4.99 Å². The number of carbonyl (C=O) groups is 1. The first-order valence-electron chi connectivity index (χ1n) is 10.8. The summed E-state index contributed by atoms with van der Waals surface area (Å²) in [5, 5.41) is 10.8. The van der Waals surface area contributed by atoms with Gasteiger partial charge in [-0.25, -0.2) is 4.99 Å². The average molecular weight is 458 g/mol. The molecule has 33 heavy (non-hydrogen) atoms. The molecule has 2 aliphatic rings. The van der Waals surface area contributed by atoms with Crippen molar-refractivity contribution in [3.8, 4) is 6.07 Å². The highest BCUT2D eigenvalue weighted by Crippen LogP contribution is 2.35. The number of carbonyl (C=O) groups excluding carboxylic acids is 1. The van der Waals surface area contributed by atoms with Crippen molar-refractivity contribution >= 4 is 51.2 Å². The summed E-state index contributed by atoms with van der Waals surface area (Å²) >= 11 is 1.37. The number of hydrogen-bond acceptors (Lipinski definition) is 6. The van der Waals surface area contributed by atoms with Crippen molar-refractivity contribution in [3.63, 3.8) is 0 Å². The van der Waals surface area contributed by atoms with E-state index in [9.17, 15) is 4.79 Å². The number of benzene rings is 2. The van der Waals surface area contributed by atoms with Gasteiger partial charge in [-0.2, -0.15) is 5.26 Å². The maximum absolute atomic E-state index is 12.9. The number of aromatic nitrogens is 1. The fourth-order valence-electron chi connectivity index (χ4n) is 4.06. The summed E-state index contributed by atoms with van der Waals surface area (Å²) in [6.07, 6.45) is 3.82. The minimum Gasteiger partial charge on any atom is -0.378 e. The number of amides is 1. The topological polar surface area (TPSA) is 73.9 Å². The molecule has 0 N–H and O–H groups in total. The standard InChI is InChI=1S/C25H23N5O2S/c1-28-24(31)23(16-18-17-30(11-10-26)22-5-3-2-4-21(18)22)33-25(28)27-19-6-8-20(9-7-19)29-12-14-32-15-13-29/h2-9,16-17H,11-15H2,1H3/b23-16-,27-25?. The Bertz CT molecular complexity index is 1300. The molecule has 1 aromatic heterocycles. The molecule has 2 aromatic carbocycles. The molecule has 3 heterocycles. The van der Waals surface area contributed by atoms with Gasteiger partial charge < -0.3 is 14.2 Å². The number of amidine groups is 1. The molecule has 8 heteroatoms. The van der Waals surface area contributed by atoms with Crippen LogP contribution in [0, 0.1) is 11.3 Å². The number of thioether (sulfide) groups is 1. The normalized spacial score (nSPS) is 19.1. The molecule has 0 saturated carbocycles. The van der Waals surface area contributed by atoms with Crippen LogP contribution < -0.4 is 4.90 Å². The fourth-order valence-corrected chi connectivity index (χ4v) is 5.04. The van der Waals surface area contributed by atoms with Gasteiger partial charge in [0.25, 0.3) is 5.91 Å². The zero-order valence-electron chi connectivity index (χ0n) is 18.3. The lowest BCUT2D eigenvalue weighted by Crippen LogP contribution is -2.36. The maximum atomic E-state index is 12.9. The van der Waals surface area contributed by atoms with Gasteiger partial charge in [-0.05, 0) is 48.2 Å². The number of likely N-dealkylation sites (N-methyl/N-ethyl adjacent to an activating group) is 1. The number of para-hydroxylation sites is 1. The van der Waals surface area contributed by atoms with Crippen LogP contribution in [-0.4, -0.2) is 53.9 Å². The minimum absolute atomic E-state index is 0.0826. The Balaban J connectivity index is 1.40. The molecule has 2 aliphatic heterocycles. The monoisotopic (exact) mass is 457 g/mol. The largest absolute Gasteiger partial charge is 0.378 e. The molecule has 0 atom stereocenters. The molecule has 2 saturated heterocycles. The average Bonchev–Trinajstić information content (AvgIpc) is 3.33. The van der Waals surface area contributed by atoms with E-state index < -0.39 is 0 Å². The number of fused-ring (bicyclic) bond motifs is 1. The molecule has 2 fully saturated rings. The van der Waals surface area contributed by atoms with Crippen molar-refractivity contribution in [3.05, 3.63) is 65.2 Å². The van der Waals surface area contributed by atoms with Gasteiger partial charge in [0.05, 0.1) is 29.9 Å². The Morgan fingerprint density at radius 3 is 2.67 bits per heavy atom. The smallest absolute Gasteiger partial charge is 0.266 e. The van der Waals surface area contributed by atoms with Crippen LogP contribution in [0.5, 0.6) is 0 Å². The number of rotatable bonds is 4. The second-order valence-electron chi connectivity index (χ2n) is 7.87. The second-order valence-corrected chi connectivity index (χ2v) is 8.88. The van der Waals surface area contributed by atoms with Gasteiger partial charge in [-0.15, -0.1) is 0 Å². The number of aliphatic imine (C=N–C) groups is 1. The van der Waals surface area contributed by atoms with E-state index in [1.54, 1.807) is 11.9 Å². The third-order valence-corrected chi connectivity index (χ3v) is 6.86. The van der Waals surface area contributed by atoms with Crippen LogP contribution in [0.2, 0.25) is 0 Å². The maximum Gasteiger partial charge on any atom is 0.266 e. The van der Waals surface area contributed by atoms with Crippen molar-refractivity contribution in [1.29, 1.82) is 5.26 Å². The summed E-state index contributed by atoms with van der Waals surface area (Å²) in [5.41, 5.74) is 3.85. The molecule has 166 valence electrons. The van der Waals surface area contributed by atoms with Gasteiger partial charge >= 0.3 is 0 Å². The Morgan fingerprint density at radius 2 is 1.91 bits per heavy atom. The molecule has 0 aliphatic carbocycles. The second kappa shape index (κ2) is 9.14. The zero-order chi connectivity index (χ0) is 22.8. The van der Waals surface area contributed by atoms with E-state index in [1.807, 2.05) is 53.2 Å². The number of anilines is 1. The first kappa shape index (κ1) is 21.3. The van der Waals surface area contributed by atoms with E-state index in [4.69, 9.17) is 15.0 Å². The highest BCUT2D eigenvalue weighted by atomic mass is 32.2. The van der Waals surface area contributed by atoms with Crippen LogP contribution in [0.1, 0.15) is 5.56 Å². The van der Waals surface area contributed by atoms with E-state index in [-0.39, 0.29) is 12.5 Å². The molecule has 0 spiro atoms. The summed E-state index contributed by atoms with van der Waals surface area (Å²) in [5.74, 6) is -0.0826. The van der Waals surface area contributed by atoms with E-state index in [1.165, 1.54) is 11.8 Å². The summed E-state index contributed by atoms with van der Waals surface area (Å²) < 4.78 is 7.32. The van der Waals surface area contributed by atoms with Crippen molar-refractivity contribution < 1.29 is 9.53 Å². The van der Waals surface area contributed by atoms with Crippen LogP contribution in [0.15, 0.2) is 64.6 Å². The SMILES string of the molecule is CN1C(=O)/C(=C/c2cn(CC#N)c3ccccc23)SC1=Nc1ccc(N2CCOCC2)cc1.